The second-order valence-corrected chi connectivity index (χ2v) is 2.77. The van der Waals surface area contributed by atoms with Gasteiger partial charge in [-0.15, -0.1) is 0 Å². The quantitative estimate of drug-likeness (QED) is 0.528. The minimum absolute atomic E-state index is 0.150. The molecule has 0 fully saturated rings. The predicted molar refractivity (Wildman–Crippen MR) is 43.4 cm³/mol. The number of aromatic nitrogens is 2. The van der Waals surface area contributed by atoms with E-state index in [0.717, 1.165) is 4.68 Å². The monoisotopic (exact) mass is 216 g/mol. The molecule has 0 aliphatic rings. The highest BCUT2D eigenvalue weighted by Gasteiger charge is 2.20. The lowest BCUT2D eigenvalue weighted by atomic mass is 10.2. The van der Waals surface area contributed by atoms with Gasteiger partial charge in [-0.2, -0.15) is 5.10 Å². The predicted octanol–water partition coefficient (Wildman–Crippen LogP) is 2.43. The van der Waals surface area contributed by atoms with E-state index in [4.69, 9.17) is 0 Å². The van der Waals surface area contributed by atoms with E-state index in [1.165, 1.54) is 18.5 Å². The first-order valence-electron chi connectivity index (χ1n) is 3.94. The molecule has 2 aromatic rings. The standard InChI is InChI=1S/C9H4F4N2/c10-5-4-6(11)8(13)9(7(5)12)15-3-1-2-14-15/h1-4H. The topological polar surface area (TPSA) is 17.8 Å². The molecule has 0 radical (unpaired) electrons. The summed E-state index contributed by atoms with van der Waals surface area (Å²) in [6.45, 7) is 0. The third-order valence-corrected chi connectivity index (χ3v) is 1.82. The van der Waals surface area contributed by atoms with Crippen LogP contribution in [0.1, 0.15) is 0 Å². The van der Waals surface area contributed by atoms with Gasteiger partial charge in [-0.3, -0.25) is 0 Å². The van der Waals surface area contributed by atoms with Gasteiger partial charge in [0, 0.05) is 18.5 Å². The zero-order valence-corrected chi connectivity index (χ0v) is 7.22. The van der Waals surface area contributed by atoms with E-state index in [1.54, 1.807) is 0 Å². The van der Waals surface area contributed by atoms with Crippen molar-refractivity contribution in [1.82, 2.24) is 9.78 Å². The highest BCUT2D eigenvalue weighted by Crippen LogP contribution is 2.22. The summed E-state index contributed by atoms with van der Waals surface area (Å²) in [4.78, 5) is 0. The molecule has 1 aromatic carbocycles. The molecule has 6 heteroatoms. The molecule has 0 N–H and O–H groups in total. The van der Waals surface area contributed by atoms with Crippen LogP contribution in [0.3, 0.4) is 0 Å². The third-order valence-electron chi connectivity index (χ3n) is 1.82. The first-order chi connectivity index (χ1) is 7.11. The van der Waals surface area contributed by atoms with Crippen molar-refractivity contribution in [3.05, 3.63) is 47.8 Å². The highest BCUT2D eigenvalue weighted by molar-refractivity contribution is 5.35. The Bertz CT molecular complexity index is 467. The van der Waals surface area contributed by atoms with Crippen molar-refractivity contribution in [2.24, 2.45) is 0 Å². The van der Waals surface area contributed by atoms with E-state index >= 15 is 0 Å². The van der Waals surface area contributed by atoms with Crippen LogP contribution in [-0.4, -0.2) is 9.78 Å². The SMILES string of the molecule is Fc1cc(F)c(F)c(-n2cccn2)c1F. The molecule has 0 aliphatic heterocycles. The Morgan fingerprint density at radius 2 is 1.60 bits per heavy atom. The van der Waals surface area contributed by atoms with Crippen LogP contribution < -0.4 is 0 Å². The fourth-order valence-corrected chi connectivity index (χ4v) is 1.16. The van der Waals surface area contributed by atoms with Crippen molar-refractivity contribution in [1.29, 1.82) is 0 Å². The zero-order valence-electron chi connectivity index (χ0n) is 7.22. The van der Waals surface area contributed by atoms with Crippen LogP contribution in [0.4, 0.5) is 17.6 Å². The van der Waals surface area contributed by atoms with Crippen LogP contribution in [0.15, 0.2) is 24.5 Å². The van der Waals surface area contributed by atoms with Gasteiger partial charge in [0.05, 0.1) is 0 Å². The van der Waals surface area contributed by atoms with Crippen LogP contribution in [0.2, 0.25) is 0 Å². The van der Waals surface area contributed by atoms with Crippen molar-refractivity contribution in [2.75, 3.05) is 0 Å². The highest BCUT2D eigenvalue weighted by atomic mass is 19.2. The maximum atomic E-state index is 13.2. The Hall–Kier alpha value is -1.85. The van der Waals surface area contributed by atoms with Crippen molar-refractivity contribution in [3.8, 4) is 5.69 Å². The van der Waals surface area contributed by atoms with Gasteiger partial charge < -0.3 is 0 Å². The van der Waals surface area contributed by atoms with Gasteiger partial charge in [0.15, 0.2) is 23.3 Å². The molecule has 1 aromatic heterocycles. The number of hydrogen-bond donors (Lipinski definition) is 0. The minimum atomic E-state index is -1.47. The van der Waals surface area contributed by atoms with Crippen molar-refractivity contribution in [2.45, 2.75) is 0 Å². The van der Waals surface area contributed by atoms with Gasteiger partial charge in [-0.25, -0.2) is 22.2 Å². The maximum absolute atomic E-state index is 13.2. The molecule has 15 heavy (non-hydrogen) atoms. The minimum Gasteiger partial charge on any atom is -0.235 e. The molecule has 0 atom stereocenters. The van der Waals surface area contributed by atoms with Gasteiger partial charge in [-0.1, -0.05) is 0 Å². The number of halogens is 4. The summed E-state index contributed by atoms with van der Waals surface area (Å²) in [5, 5.41) is 3.49. The molecule has 0 saturated carbocycles. The average molecular weight is 216 g/mol. The fourth-order valence-electron chi connectivity index (χ4n) is 1.16. The molecular weight excluding hydrogens is 212 g/mol. The summed E-state index contributed by atoms with van der Waals surface area (Å²) in [5.41, 5.74) is -0.863. The second-order valence-electron chi connectivity index (χ2n) is 2.77. The molecule has 0 amide bonds. The normalized spacial score (nSPS) is 10.7. The molecular formula is C9H4F4N2. The zero-order chi connectivity index (χ0) is 11.0. The molecule has 2 rings (SSSR count). The van der Waals surface area contributed by atoms with Gasteiger partial charge in [0.25, 0.3) is 0 Å². The average Bonchev–Trinajstić information content (AvgIpc) is 2.69. The molecule has 0 spiro atoms. The number of nitrogens with zero attached hydrogens (tertiary/aromatic N) is 2. The second kappa shape index (κ2) is 3.38. The lowest BCUT2D eigenvalue weighted by molar-refractivity contribution is 0.444. The summed E-state index contributed by atoms with van der Waals surface area (Å²) in [6, 6.07) is 1.53. The Labute approximate surface area is 81.8 Å². The van der Waals surface area contributed by atoms with Gasteiger partial charge in [0.1, 0.15) is 5.69 Å². The summed E-state index contributed by atoms with van der Waals surface area (Å²) in [6.07, 6.45) is 2.42. The van der Waals surface area contributed by atoms with Gasteiger partial charge in [-0.05, 0) is 6.07 Å². The molecule has 2 nitrogen and oxygen atoms in total. The van der Waals surface area contributed by atoms with E-state index in [2.05, 4.69) is 5.10 Å². The Morgan fingerprint density at radius 3 is 2.07 bits per heavy atom. The molecule has 0 saturated heterocycles. The Kier molecular flexibility index (Phi) is 2.18. The van der Waals surface area contributed by atoms with Crippen LogP contribution in [0.25, 0.3) is 5.69 Å². The van der Waals surface area contributed by atoms with E-state index < -0.39 is 29.0 Å². The number of benzene rings is 1. The number of rotatable bonds is 1. The Balaban J connectivity index is 2.75. The molecule has 78 valence electrons. The molecule has 1 heterocycles. The first-order valence-corrected chi connectivity index (χ1v) is 3.94. The van der Waals surface area contributed by atoms with Gasteiger partial charge >= 0.3 is 0 Å². The summed E-state index contributed by atoms with van der Waals surface area (Å²) in [5.74, 6) is -5.87. The van der Waals surface area contributed by atoms with E-state index in [9.17, 15) is 17.6 Å². The molecule has 0 unspecified atom stereocenters. The van der Waals surface area contributed by atoms with Crippen LogP contribution in [0.5, 0.6) is 0 Å². The van der Waals surface area contributed by atoms with Crippen LogP contribution in [-0.2, 0) is 0 Å². The van der Waals surface area contributed by atoms with Crippen LogP contribution >= 0.6 is 0 Å². The van der Waals surface area contributed by atoms with Gasteiger partial charge in [0.2, 0.25) is 0 Å². The third kappa shape index (κ3) is 1.47. The van der Waals surface area contributed by atoms with E-state index in [0.29, 0.717) is 0 Å². The summed E-state index contributed by atoms with van der Waals surface area (Å²) in [7, 11) is 0. The Morgan fingerprint density at radius 1 is 1.00 bits per heavy atom. The lowest BCUT2D eigenvalue weighted by Crippen LogP contribution is -2.06. The maximum Gasteiger partial charge on any atom is 0.187 e. The van der Waals surface area contributed by atoms with Crippen LogP contribution in [0, 0.1) is 23.3 Å². The largest absolute Gasteiger partial charge is 0.235 e. The fraction of sp³-hybridized carbons (Fsp3) is 0. The number of hydrogen-bond acceptors (Lipinski definition) is 1. The summed E-state index contributed by atoms with van der Waals surface area (Å²) < 4.78 is 52.6. The van der Waals surface area contributed by atoms with Crippen molar-refractivity contribution in [3.63, 3.8) is 0 Å². The smallest absolute Gasteiger partial charge is 0.187 e. The first kappa shape index (κ1) is 9.70. The van der Waals surface area contributed by atoms with Crippen molar-refractivity contribution < 1.29 is 17.6 Å². The van der Waals surface area contributed by atoms with Crippen molar-refractivity contribution >= 4 is 0 Å². The lowest BCUT2D eigenvalue weighted by Gasteiger charge is -2.06. The summed E-state index contributed by atoms with van der Waals surface area (Å²) >= 11 is 0. The van der Waals surface area contributed by atoms with E-state index in [1.807, 2.05) is 0 Å². The molecule has 0 bridgehead atoms. The molecule has 0 aliphatic carbocycles. The van der Waals surface area contributed by atoms with E-state index in [-0.39, 0.29) is 6.07 Å².